The predicted molar refractivity (Wildman–Crippen MR) is 221 cm³/mol. The van der Waals surface area contributed by atoms with Crippen molar-refractivity contribution in [2.24, 2.45) is 0 Å². The molecular weight excluding hydrogens is 685 g/mol. The molecule has 0 heterocycles. The Hall–Kier alpha value is -4.22. The first-order chi connectivity index (χ1) is 24.4. The molecule has 0 bridgehead atoms. The SMILES string of the molecule is CC(C)(C)c1ccc(N(c2ccc(C(C)(C)C)cc2)c2cc(C(F)(F)F)cc(N(c3ccc(C(C)(C)C)cc3)c3ccc(C(C)(C)C)cc3)c2Cl)cc1. The van der Waals surface area contributed by atoms with Crippen molar-refractivity contribution in [1.29, 1.82) is 0 Å². The average molecular weight is 739 g/mol. The van der Waals surface area contributed by atoms with Gasteiger partial charge in [0, 0.05) is 22.7 Å². The second-order valence-corrected chi connectivity index (χ2v) is 18.6. The molecule has 0 fully saturated rings. The van der Waals surface area contributed by atoms with Crippen molar-refractivity contribution >= 4 is 45.7 Å². The van der Waals surface area contributed by atoms with E-state index in [1.165, 1.54) is 12.1 Å². The Morgan fingerprint density at radius 3 is 0.736 bits per heavy atom. The third-order valence-electron chi connectivity index (χ3n) is 9.81. The first-order valence-corrected chi connectivity index (χ1v) is 18.7. The zero-order valence-corrected chi connectivity index (χ0v) is 34.1. The molecule has 280 valence electrons. The molecule has 0 atom stereocenters. The summed E-state index contributed by atoms with van der Waals surface area (Å²) in [6, 6.07) is 34.3. The number of halogens is 4. The van der Waals surface area contributed by atoms with Gasteiger partial charge in [-0.05, 0) is 105 Å². The number of hydrogen-bond acceptors (Lipinski definition) is 2. The zero-order valence-electron chi connectivity index (χ0n) is 33.3. The molecular formula is C47H54ClF3N2. The van der Waals surface area contributed by atoms with Crippen LogP contribution in [0.15, 0.2) is 109 Å². The number of nitrogens with zero attached hydrogens (tertiary/aromatic N) is 2. The highest BCUT2D eigenvalue weighted by molar-refractivity contribution is 6.36. The molecule has 6 heteroatoms. The van der Waals surface area contributed by atoms with E-state index >= 15 is 13.2 Å². The third-order valence-corrected chi connectivity index (χ3v) is 10.2. The highest BCUT2D eigenvalue weighted by Crippen LogP contribution is 2.50. The summed E-state index contributed by atoms with van der Waals surface area (Å²) >= 11 is 7.48. The molecule has 5 rings (SSSR count). The Kier molecular flexibility index (Phi) is 10.7. The minimum absolute atomic E-state index is 0.107. The van der Waals surface area contributed by atoms with Gasteiger partial charge in [-0.1, -0.05) is 143 Å². The first kappa shape index (κ1) is 40.0. The maximum atomic E-state index is 15.1. The molecule has 0 aliphatic rings. The average Bonchev–Trinajstić information content (AvgIpc) is 3.05. The topological polar surface area (TPSA) is 6.48 Å². The van der Waals surface area contributed by atoms with Gasteiger partial charge in [-0.15, -0.1) is 0 Å². The molecule has 0 aromatic heterocycles. The number of benzene rings is 5. The summed E-state index contributed by atoms with van der Waals surface area (Å²) in [6.07, 6.45) is -4.65. The molecule has 5 aromatic carbocycles. The van der Waals surface area contributed by atoms with Gasteiger partial charge in [0.2, 0.25) is 0 Å². The fraction of sp³-hybridized carbons (Fsp3) is 0.362. The summed E-state index contributed by atoms with van der Waals surface area (Å²) in [6.45, 7) is 25.6. The Morgan fingerprint density at radius 2 is 0.566 bits per heavy atom. The lowest BCUT2D eigenvalue weighted by Gasteiger charge is -2.33. The van der Waals surface area contributed by atoms with Crippen LogP contribution in [0.1, 0.15) is 111 Å². The fourth-order valence-corrected chi connectivity index (χ4v) is 6.66. The van der Waals surface area contributed by atoms with Gasteiger partial charge in [0.05, 0.1) is 22.0 Å². The highest BCUT2D eigenvalue weighted by atomic mass is 35.5. The van der Waals surface area contributed by atoms with Crippen LogP contribution in [-0.4, -0.2) is 0 Å². The van der Waals surface area contributed by atoms with Crippen LogP contribution < -0.4 is 9.80 Å². The van der Waals surface area contributed by atoms with Gasteiger partial charge in [-0.3, -0.25) is 0 Å². The van der Waals surface area contributed by atoms with Crippen molar-refractivity contribution in [1.82, 2.24) is 0 Å². The quantitative estimate of drug-likeness (QED) is 0.171. The van der Waals surface area contributed by atoms with Crippen molar-refractivity contribution in [3.8, 4) is 0 Å². The van der Waals surface area contributed by atoms with Gasteiger partial charge in [0.25, 0.3) is 0 Å². The van der Waals surface area contributed by atoms with E-state index < -0.39 is 11.7 Å². The molecule has 0 saturated carbocycles. The maximum absolute atomic E-state index is 15.1. The Balaban J connectivity index is 1.82. The molecule has 0 spiro atoms. The summed E-state index contributed by atoms with van der Waals surface area (Å²) < 4.78 is 45.2. The normalized spacial score (nSPS) is 12.9. The lowest BCUT2D eigenvalue weighted by atomic mass is 9.86. The van der Waals surface area contributed by atoms with Gasteiger partial charge in [0.1, 0.15) is 0 Å². The first-order valence-electron chi connectivity index (χ1n) is 18.3. The van der Waals surface area contributed by atoms with Crippen LogP contribution in [0.3, 0.4) is 0 Å². The summed E-state index contributed by atoms with van der Waals surface area (Å²) in [5.74, 6) is 0. The van der Waals surface area contributed by atoms with Gasteiger partial charge < -0.3 is 9.80 Å². The molecule has 0 saturated heterocycles. The van der Waals surface area contributed by atoms with Gasteiger partial charge in [-0.2, -0.15) is 13.2 Å². The number of anilines is 6. The molecule has 53 heavy (non-hydrogen) atoms. The van der Waals surface area contributed by atoms with E-state index in [4.69, 9.17) is 11.6 Å². The zero-order chi connectivity index (χ0) is 39.3. The predicted octanol–water partition coefficient (Wildman–Crippen LogP) is 15.5. The minimum Gasteiger partial charge on any atom is -0.309 e. The van der Waals surface area contributed by atoms with Gasteiger partial charge in [-0.25, -0.2) is 0 Å². The van der Waals surface area contributed by atoms with Crippen molar-refractivity contribution in [3.05, 3.63) is 142 Å². The molecule has 2 nitrogen and oxygen atoms in total. The number of rotatable bonds is 6. The van der Waals surface area contributed by atoms with Crippen LogP contribution in [0.4, 0.5) is 47.3 Å². The van der Waals surface area contributed by atoms with Crippen molar-refractivity contribution in [3.63, 3.8) is 0 Å². The molecule has 0 aliphatic heterocycles. The van der Waals surface area contributed by atoms with E-state index in [2.05, 4.69) is 83.1 Å². The van der Waals surface area contributed by atoms with E-state index in [1.54, 1.807) is 0 Å². The van der Waals surface area contributed by atoms with Crippen molar-refractivity contribution in [2.45, 2.75) is 111 Å². The lowest BCUT2D eigenvalue weighted by Crippen LogP contribution is -2.18. The van der Waals surface area contributed by atoms with Crippen molar-refractivity contribution in [2.75, 3.05) is 9.80 Å². The summed E-state index contributed by atoms with van der Waals surface area (Å²) in [4.78, 5) is 3.67. The van der Waals surface area contributed by atoms with E-state index in [0.717, 1.165) is 22.3 Å². The number of hydrogen-bond donors (Lipinski definition) is 0. The summed E-state index contributed by atoms with van der Waals surface area (Å²) in [7, 11) is 0. The maximum Gasteiger partial charge on any atom is 0.416 e. The van der Waals surface area contributed by atoms with Gasteiger partial charge >= 0.3 is 6.18 Å². The third kappa shape index (κ3) is 8.95. The van der Waals surface area contributed by atoms with Crippen LogP contribution in [0.25, 0.3) is 0 Å². The van der Waals surface area contributed by atoms with E-state index in [1.807, 2.05) is 107 Å². The van der Waals surface area contributed by atoms with E-state index in [9.17, 15) is 0 Å². The molecule has 0 unspecified atom stereocenters. The second kappa shape index (κ2) is 14.2. The lowest BCUT2D eigenvalue weighted by molar-refractivity contribution is -0.137. The smallest absolute Gasteiger partial charge is 0.309 e. The van der Waals surface area contributed by atoms with Crippen LogP contribution >= 0.6 is 11.6 Å². The van der Waals surface area contributed by atoms with Gasteiger partial charge in [0.15, 0.2) is 0 Å². The van der Waals surface area contributed by atoms with E-state index in [-0.39, 0.29) is 38.1 Å². The Morgan fingerprint density at radius 1 is 0.358 bits per heavy atom. The van der Waals surface area contributed by atoms with Crippen LogP contribution in [0.5, 0.6) is 0 Å². The molecule has 0 aliphatic carbocycles. The highest BCUT2D eigenvalue weighted by Gasteiger charge is 2.35. The standard InChI is InChI=1S/C47H54ClF3N2/c1-43(2,3)31-13-21-36(22-14-31)52(37-23-15-32(16-24-37)44(4,5)6)40-29-35(47(49,50)51)30-41(42(40)48)53(38-25-17-33(18-26-38)45(7,8)9)39-27-19-34(20-28-39)46(10,11)12/h13-30H,1-12H3. The molecule has 5 aromatic rings. The summed E-state index contributed by atoms with van der Waals surface area (Å²) in [5.41, 5.74) is 6.49. The van der Waals surface area contributed by atoms with Crippen molar-refractivity contribution < 1.29 is 13.2 Å². The molecule has 0 amide bonds. The monoisotopic (exact) mass is 738 g/mol. The largest absolute Gasteiger partial charge is 0.416 e. The minimum atomic E-state index is -4.65. The Labute approximate surface area is 320 Å². The Bertz CT molecular complexity index is 1760. The molecule has 0 radical (unpaired) electrons. The summed E-state index contributed by atoms with van der Waals surface area (Å²) in [5, 5.41) is 0.192. The van der Waals surface area contributed by atoms with Crippen LogP contribution in [-0.2, 0) is 27.8 Å². The number of alkyl halides is 3. The van der Waals surface area contributed by atoms with Crippen LogP contribution in [0, 0.1) is 0 Å². The molecule has 0 N–H and O–H groups in total. The fourth-order valence-electron chi connectivity index (χ4n) is 6.38. The van der Waals surface area contributed by atoms with Crippen LogP contribution in [0.2, 0.25) is 5.02 Å². The van der Waals surface area contributed by atoms with E-state index in [0.29, 0.717) is 22.7 Å². The second-order valence-electron chi connectivity index (χ2n) is 18.2.